The molecule has 3 heterocycles. The SMILES string of the molecule is Cc1cc(C2C(c3ccccn3)NC(=S)N2C(C)C)c(C)n1-c1cc(Cl)ccc1O. The molecule has 0 amide bonds. The standard InChI is InChI=1S/C23H25ClN4OS/c1-13(2)27-22(21(26-23(27)30)18-7-5-6-10-25-18)17-11-14(3)28(15(17)4)19-12-16(24)8-9-20(19)29/h5-13,21-22,29H,1-4H3,(H,26,30). The first-order valence-electron chi connectivity index (χ1n) is 9.97. The van der Waals surface area contributed by atoms with Crippen molar-refractivity contribution in [1.82, 2.24) is 19.8 Å². The fraction of sp³-hybridized carbons (Fsp3) is 0.304. The lowest BCUT2D eigenvalue weighted by Crippen LogP contribution is -2.35. The minimum Gasteiger partial charge on any atom is -0.506 e. The summed E-state index contributed by atoms with van der Waals surface area (Å²) in [5.41, 5.74) is 4.81. The quantitative estimate of drug-likeness (QED) is 0.544. The first-order valence-corrected chi connectivity index (χ1v) is 10.8. The third kappa shape index (κ3) is 3.44. The number of nitrogens with one attached hydrogen (secondary N) is 1. The summed E-state index contributed by atoms with van der Waals surface area (Å²) in [6.07, 6.45) is 1.81. The van der Waals surface area contributed by atoms with Gasteiger partial charge in [0.05, 0.1) is 23.5 Å². The number of halogens is 1. The van der Waals surface area contributed by atoms with E-state index in [0.717, 1.165) is 27.8 Å². The molecule has 1 aromatic carbocycles. The normalized spacial score (nSPS) is 18.9. The summed E-state index contributed by atoms with van der Waals surface area (Å²) in [5.74, 6) is 0.190. The summed E-state index contributed by atoms with van der Waals surface area (Å²) in [6, 6.07) is 13.3. The number of hydrogen-bond acceptors (Lipinski definition) is 3. The maximum Gasteiger partial charge on any atom is 0.170 e. The number of thiocarbonyl (C=S) groups is 1. The molecule has 4 rings (SSSR count). The largest absolute Gasteiger partial charge is 0.506 e. The number of pyridine rings is 1. The van der Waals surface area contributed by atoms with Crippen LogP contribution in [0.3, 0.4) is 0 Å². The number of rotatable bonds is 4. The number of aromatic nitrogens is 2. The Balaban J connectivity index is 1.88. The van der Waals surface area contributed by atoms with E-state index in [1.807, 2.05) is 35.9 Å². The molecule has 1 aliphatic rings. The smallest absolute Gasteiger partial charge is 0.170 e. The van der Waals surface area contributed by atoms with Crippen LogP contribution in [0.2, 0.25) is 5.02 Å². The van der Waals surface area contributed by atoms with E-state index in [0.29, 0.717) is 10.7 Å². The number of phenols is 1. The molecule has 3 aromatic rings. The lowest BCUT2D eigenvalue weighted by molar-refractivity contribution is 0.269. The number of aromatic hydroxyl groups is 1. The molecular formula is C23H25ClN4OS. The van der Waals surface area contributed by atoms with Crippen molar-refractivity contribution in [3.8, 4) is 11.4 Å². The van der Waals surface area contributed by atoms with E-state index in [4.69, 9.17) is 23.8 Å². The van der Waals surface area contributed by atoms with Crippen LogP contribution in [0, 0.1) is 13.8 Å². The Morgan fingerprint density at radius 1 is 1.17 bits per heavy atom. The van der Waals surface area contributed by atoms with Gasteiger partial charge in [-0.05, 0) is 81.9 Å². The van der Waals surface area contributed by atoms with Gasteiger partial charge in [0.1, 0.15) is 5.75 Å². The second-order valence-corrected chi connectivity index (χ2v) is 8.75. The van der Waals surface area contributed by atoms with Crippen molar-refractivity contribution in [2.24, 2.45) is 0 Å². The number of phenolic OH excluding ortho intramolecular Hbond substituents is 1. The summed E-state index contributed by atoms with van der Waals surface area (Å²) < 4.78 is 2.05. The van der Waals surface area contributed by atoms with Crippen molar-refractivity contribution >= 4 is 28.9 Å². The van der Waals surface area contributed by atoms with Crippen molar-refractivity contribution in [2.45, 2.75) is 45.8 Å². The highest BCUT2D eigenvalue weighted by Gasteiger charge is 2.42. The summed E-state index contributed by atoms with van der Waals surface area (Å²) in [5, 5.41) is 15.3. The van der Waals surface area contributed by atoms with Crippen LogP contribution in [0.15, 0.2) is 48.7 Å². The third-order valence-corrected chi connectivity index (χ3v) is 6.22. The van der Waals surface area contributed by atoms with Crippen LogP contribution in [0.1, 0.15) is 48.6 Å². The van der Waals surface area contributed by atoms with E-state index in [9.17, 15) is 5.11 Å². The lowest BCUT2D eigenvalue weighted by Gasteiger charge is -2.31. The number of benzene rings is 1. The van der Waals surface area contributed by atoms with Crippen LogP contribution in [-0.4, -0.2) is 30.7 Å². The zero-order valence-electron chi connectivity index (χ0n) is 17.4. The van der Waals surface area contributed by atoms with Crippen molar-refractivity contribution in [3.63, 3.8) is 0 Å². The van der Waals surface area contributed by atoms with E-state index >= 15 is 0 Å². The topological polar surface area (TPSA) is 53.3 Å². The molecule has 0 bridgehead atoms. The highest BCUT2D eigenvalue weighted by molar-refractivity contribution is 7.80. The predicted octanol–water partition coefficient (Wildman–Crippen LogP) is 5.23. The summed E-state index contributed by atoms with van der Waals surface area (Å²) in [7, 11) is 0. The van der Waals surface area contributed by atoms with Crippen LogP contribution in [-0.2, 0) is 0 Å². The van der Waals surface area contributed by atoms with Gasteiger partial charge in [-0.25, -0.2) is 0 Å². The fourth-order valence-corrected chi connectivity index (χ4v) is 5.01. The maximum atomic E-state index is 10.5. The third-order valence-electron chi connectivity index (χ3n) is 5.66. The molecule has 2 aromatic heterocycles. The minimum atomic E-state index is -0.0667. The Morgan fingerprint density at radius 2 is 1.93 bits per heavy atom. The van der Waals surface area contributed by atoms with Gasteiger partial charge in [-0.3, -0.25) is 4.98 Å². The van der Waals surface area contributed by atoms with E-state index in [-0.39, 0.29) is 23.9 Å². The zero-order chi connectivity index (χ0) is 21.6. The van der Waals surface area contributed by atoms with E-state index < -0.39 is 0 Å². The molecule has 1 aliphatic heterocycles. The summed E-state index contributed by atoms with van der Waals surface area (Å²) in [6.45, 7) is 8.39. The number of aryl methyl sites for hydroxylation is 1. The first kappa shape index (κ1) is 20.7. The molecule has 1 saturated heterocycles. The van der Waals surface area contributed by atoms with Crippen LogP contribution in [0.5, 0.6) is 5.75 Å². The van der Waals surface area contributed by atoms with Crippen LogP contribution in [0.4, 0.5) is 0 Å². The monoisotopic (exact) mass is 440 g/mol. The summed E-state index contributed by atoms with van der Waals surface area (Å²) in [4.78, 5) is 6.83. The van der Waals surface area contributed by atoms with E-state index in [1.165, 1.54) is 0 Å². The van der Waals surface area contributed by atoms with Crippen LogP contribution >= 0.6 is 23.8 Å². The average molecular weight is 441 g/mol. The van der Waals surface area contributed by atoms with Gasteiger partial charge >= 0.3 is 0 Å². The molecule has 7 heteroatoms. The van der Waals surface area contributed by atoms with Gasteiger partial charge < -0.3 is 19.9 Å². The van der Waals surface area contributed by atoms with Crippen LogP contribution in [0.25, 0.3) is 5.69 Å². The molecule has 5 nitrogen and oxygen atoms in total. The van der Waals surface area contributed by atoms with Gasteiger partial charge in [-0.2, -0.15) is 0 Å². The zero-order valence-corrected chi connectivity index (χ0v) is 19.0. The Hall–Kier alpha value is -2.57. The molecule has 2 N–H and O–H groups in total. The molecule has 0 aliphatic carbocycles. The number of nitrogens with zero attached hydrogens (tertiary/aromatic N) is 3. The van der Waals surface area contributed by atoms with Gasteiger partial charge in [-0.1, -0.05) is 17.7 Å². The molecule has 1 fully saturated rings. The Bertz CT molecular complexity index is 1100. The van der Waals surface area contributed by atoms with Gasteiger partial charge in [0, 0.05) is 28.6 Å². The van der Waals surface area contributed by atoms with Gasteiger partial charge in [0.25, 0.3) is 0 Å². The maximum absolute atomic E-state index is 10.5. The molecule has 2 atom stereocenters. The molecule has 156 valence electrons. The highest BCUT2D eigenvalue weighted by Crippen LogP contribution is 2.43. The molecule has 30 heavy (non-hydrogen) atoms. The van der Waals surface area contributed by atoms with Gasteiger partial charge in [-0.15, -0.1) is 0 Å². The van der Waals surface area contributed by atoms with Crippen molar-refractivity contribution in [2.75, 3.05) is 0 Å². The number of hydrogen-bond donors (Lipinski definition) is 2. The Morgan fingerprint density at radius 3 is 2.60 bits per heavy atom. The summed E-state index contributed by atoms with van der Waals surface area (Å²) >= 11 is 11.9. The molecular weight excluding hydrogens is 416 g/mol. The first-order chi connectivity index (χ1) is 14.3. The highest BCUT2D eigenvalue weighted by atomic mass is 35.5. The van der Waals surface area contributed by atoms with E-state index in [1.54, 1.807) is 18.2 Å². The molecule has 0 spiro atoms. The van der Waals surface area contributed by atoms with Crippen molar-refractivity contribution in [1.29, 1.82) is 0 Å². The lowest BCUT2D eigenvalue weighted by atomic mass is 9.96. The average Bonchev–Trinajstić information content (AvgIpc) is 3.20. The molecule has 2 unspecified atom stereocenters. The molecule has 0 radical (unpaired) electrons. The van der Waals surface area contributed by atoms with Crippen molar-refractivity contribution in [3.05, 3.63) is 76.3 Å². The van der Waals surface area contributed by atoms with Crippen LogP contribution < -0.4 is 5.32 Å². The Kier molecular flexibility index (Phi) is 5.47. The van der Waals surface area contributed by atoms with E-state index in [2.05, 4.69) is 42.0 Å². The van der Waals surface area contributed by atoms with Crippen molar-refractivity contribution < 1.29 is 5.11 Å². The fourth-order valence-electron chi connectivity index (χ4n) is 4.39. The second kappa shape index (κ2) is 7.93. The predicted molar refractivity (Wildman–Crippen MR) is 124 cm³/mol. The second-order valence-electron chi connectivity index (χ2n) is 7.92. The Labute approximate surface area is 187 Å². The molecule has 0 saturated carbocycles. The van der Waals surface area contributed by atoms with Gasteiger partial charge in [0.15, 0.2) is 5.11 Å². The minimum absolute atomic E-state index is 0.0197. The van der Waals surface area contributed by atoms with Gasteiger partial charge in [0.2, 0.25) is 0 Å².